The first-order chi connectivity index (χ1) is 17.4. The molecule has 0 radical (unpaired) electrons. The number of carbonyl (C=O) groups is 1. The van der Waals surface area contributed by atoms with Gasteiger partial charge in [0.2, 0.25) is 0 Å². The Labute approximate surface area is 227 Å². The monoisotopic (exact) mass is 551 g/mol. The number of ether oxygens (including phenoxy) is 2. The average Bonchev–Trinajstić information content (AvgIpc) is 2.87. The Morgan fingerprint density at radius 2 is 1.36 bits per heavy atom. The van der Waals surface area contributed by atoms with Crippen LogP contribution in [-0.4, -0.2) is 58.5 Å². The Bertz CT molecular complexity index is 524. The SMILES string of the molecule is CCCCCCCCCCSC(CCCCCCCCC)C(C)OCCCOCC(O)([PH+]=O)C(=O)O. The number of unbranched alkanes of at least 4 members (excludes halogenated alkanes) is 13. The normalized spacial score (nSPS) is 15.1. The van der Waals surface area contributed by atoms with Gasteiger partial charge in [0.1, 0.15) is 6.61 Å². The van der Waals surface area contributed by atoms with Crippen LogP contribution in [-0.2, 0) is 18.8 Å². The average molecular weight is 552 g/mol. The zero-order valence-corrected chi connectivity index (χ0v) is 25.3. The highest BCUT2D eigenvalue weighted by Gasteiger charge is 2.46. The van der Waals surface area contributed by atoms with Gasteiger partial charge in [0.05, 0.1) is 6.10 Å². The van der Waals surface area contributed by atoms with Gasteiger partial charge in [0, 0.05) is 18.5 Å². The van der Waals surface area contributed by atoms with Crippen molar-refractivity contribution in [2.24, 2.45) is 0 Å². The highest BCUT2D eigenvalue weighted by molar-refractivity contribution is 7.99. The van der Waals surface area contributed by atoms with Gasteiger partial charge in [-0.1, -0.05) is 108 Å². The van der Waals surface area contributed by atoms with E-state index in [0.29, 0.717) is 18.3 Å². The Hall–Kier alpha value is -0.200. The predicted octanol–water partition coefficient (Wildman–Crippen LogP) is 7.98. The molecule has 0 aliphatic carbocycles. The van der Waals surface area contributed by atoms with Crippen molar-refractivity contribution >= 4 is 26.2 Å². The molecule has 214 valence electrons. The molecule has 0 aromatic carbocycles. The second-order valence-corrected chi connectivity index (χ2v) is 12.4. The molecular weight excluding hydrogens is 495 g/mol. The molecule has 0 heterocycles. The first kappa shape index (κ1) is 35.8. The topological polar surface area (TPSA) is 93.1 Å². The Balaban J connectivity index is 4.24. The van der Waals surface area contributed by atoms with Crippen molar-refractivity contribution in [2.45, 2.75) is 147 Å². The number of rotatable bonds is 28. The lowest BCUT2D eigenvalue weighted by Gasteiger charge is -2.24. The van der Waals surface area contributed by atoms with Gasteiger partial charge in [0.25, 0.3) is 0 Å². The number of carboxylic acid groups (broad SMARTS) is 1. The number of hydrogen-bond donors (Lipinski definition) is 2. The second-order valence-electron chi connectivity index (χ2n) is 10.0. The summed E-state index contributed by atoms with van der Waals surface area (Å²) in [5.74, 6) is -0.334. The minimum atomic E-state index is -2.32. The van der Waals surface area contributed by atoms with E-state index in [1.807, 2.05) is 0 Å². The molecule has 0 aromatic heterocycles. The fourth-order valence-corrected chi connectivity index (χ4v) is 5.72. The van der Waals surface area contributed by atoms with Crippen LogP contribution in [0.5, 0.6) is 0 Å². The van der Waals surface area contributed by atoms with Crippen molar-refractivity contribution in [1.82, 2.24) is 0 Å². The molecule has 0 fully saturated rings. The standard InChI is InChI=1S/C28H55O6PS/c1-4-6-8-10-12-14-16-18-23-36-26(20-17-15-13-11-9-7-5-2)25(3)34-22-19-21-33-24-28(31,35-32)27(29)30/h25-26,31H,4-24H2,1-3H3,(H,29,30)/p+1. The van der Waals surface area contributed by atoms with E-state index in [2.05, 4.69) is 32.5 Å². The highest BCUT2D eigenvalue weighted by Crippen LogP contribution is 2.26. The molecule has 0 saturated carbocycles. The van der Waals surface area contributed by atoms with Crippen LogP contribution in [0.3, 0.4) is 0 Å². The van der Waals surface area contributed by atoms with E-state index in [0.717, 1.165) is 0 Å². The first-order valence-electron chi connectivity index (χ1n) is 14.6. The van der Waals surface area contributed by atoms with Crippen LogP contribution < -0.4 is 0 Å². The second kappa shape index (κ2) is 25.1. The lowest BCUT2D eigenvalue weighted by Crippen LogP contribution is -2.37. The van der Waals surface area contributed by atoms with Crippen molar-refractivity contribution in [3.05, 3.63) is 0 Å². The van der Waals surface area contributed by atoms with Crippen LogP contribution >= 0.6 is 20.2 Å². The van der Waals surface area contributed by atoms with Crippen LogP contribution in [0.4, 0.5) is 0 Å². The molecule has 6 nitrogen and oxygen atoms in total. The van der Waals surface area contributed by atoms with Crippen molar-refractivity contribution in [2.75, 3.05) is 25.6 Å². The van der Waals surface area contributed by atoms with Crippen LogP contribution in [0.2, 0.25) is 0 Å². The molecule has 0 amide bonds. The maximum Gasteiger partial charge on any atom is 0.390 e. The fourth-order valence-electron chi connectivity index (χ4n) is 4.12. The summed E-state index contributed by atoms with van der Waals surface area (Å²) in [5.41, 5.74) is 0. The molecule has 0 rings (SSSR count). The molecular formula is C28H56O6PS+. The minimum Gasteiger partial charge on any atom is -0.476 e. The van der Waals surface area contributed by atoms with Gasteiger partial charge in [-0.2, -0.15) is 11.8 Å². The van der Waals surface area contributed by atoms with E-state index < -0.39 is 26.4 Å². The number of thioether (sulfide) groups is 1. The molecule has 0 aliphatic rings. The molecule has 36 heavy (non-hydrogen) atoms. The number of hydrogen-bond acceptors (Lipinski definition) is 6. The van der Waals surface area contributed by atoms with E-state index >= 15 is 0 Å². The van der Waals surface area contributed by atoms with E-state index in [4.69, 9.17) is 14.6 Å². The van der Waals surface area contributed by atoms with Crippen molar-refractivity contribution in [1.29, 1.82) is 0 Å². The van der Waals surface area contributed by atoms with Gasteiger partial charge in [-0.25, -0.2) is 4.79 Å². The molecule has 8 heteroatoms. The van der Waals surface area contributed by atoms with Gasteiger partial charge in [0.15, 0.2) is 0 Å². The third-order valence-electron chi connectivity index (χ3n) is 6.59. The Kier molecular flexibility index (Phi) is 25.0. The third-order valence-corrected chi connectivity index (χ3v) is 8.86. The smallest absolute Gasteiger partial charge is 0.390 e. The lowest BCUT2D eigenvalue weighted by molar-refractivity contribution is -0.154. The molecule has 0 saturated heterocycles. The lowest BCUT2D eigenvalue weighted by atomic mass is 10.1. The largest absolute Gasteiger partial charge is 0.476 e. The summed E-state index contributed by atoms with van der Waals surface area (Å²) in [6.45, 7) is 6.99. The van der Waals surface area contributed by atoms with Gasteiger partial charge < -0.3 is 19.7 Å². The van der Waals surface area contributed by atoms with E-state index in [-0.39, 0.29) is 12.7 Å². The summed E-state index contributed by atoms with van der Waals surface area (Å²) >= 11 is 2.06. The molecule has 0 aromatic rings. The van der Waals surface area contributed by atoms with Crippen molar-refractivity contribution in [3.8, 4) is 0 Å². The quantitative estimate of drug-likeness (QED) is 0.0752. The van der Waals surface area contributed by atoms with Crippen LogP contribution in [0.15, 0.2) is 0 Å². The molecule has 2 N–H and O–H groups in total. The number of carboxylic acids is 1. The van der Waals surface area contributed by atoms with E-state index in [1.54, 1.807) is 0 Å². The fraction of sp³-hybridized carbons (Fsp3) is 0.964. The first-order valence-corrected chi connectivity index (χ1v) is 16.5. The Morgan fingerprint density at radius 3 is 1.89 bits per heavy atom. The summed E-state index contributed by atoms with van der Waals surface area (Å²) in [6.07, 6.45) is 21.9. The van der Waals surface area contributed by atoms with Crippen molar-refractivity contribution < 1.29 is 29.0 Å². The van der Waals surface area contributed by atoms with Gasteiger partial charge in [-0.05, 0) is 31.9 Å². The molecule has 0 bridgehead atoms. The summed E-state index contributed by atoms with van der Waals surface area (Å²) in [5, 5.41) is 16.8. The molecule has 0 aliphatic heterocycles. The summed E-state index contributed by atoms with van der Waals surface area (Å²) in [6, 6.07) is 0. The summed E-state index contributed by atoms with van der Waals surface area (Å²) in [4.78, 5) is 11.0. The van der Waals surface area contributed by atoms with Gasteiger partial charge in [-0.3, -0.25) is 0 Å². The third kappa shape index (κ3) is 19.9. The Morgan fingerprint density at radius 1 is 0.833 bits per heavy atom. The maximum absolute atomic E-state index is 11.0. The zero-order chi connectivity index (χ0) is 26.9. The number of aliphatic hydroxyl groups is 1. The van der Waals surface area contributed by atoms with Gasteiger partial charge >= 0.3 is 19.8 Å². The molecule has 4 unspecified atom stereocenters. The van der Waals surface area contributed by atoms with Gasteiger partial charge in [-0.15, -0.1) is 0 Å². The van der Waals surface area contributed by atoms with E-state index in [9.17, 15) is 14.5 Å². The van der Waals surface area contributed by atoms with Crippen molar-refractivity contribution in [3.63, 3.8) is 0 Å². The minimum absolute atomic E-state index is 0.156. The predicted molar refractivity (Wildman–Crippen MR) is 154 cm³/mol. The summed E-state index contributed by atoms with van der Waals surface area (Å²) in [7, 11) is -1.37. The van der Waals surface area contributed by atoms with Crippen LogP contribution in [0.25, 0.3) is 0 Å². The maximum atomic E-state index is 11.0. The van der Waals surface area contributed by atoms with Crippen LogP contribution in [0, 0.1) is 0 Å². The van der Waals surface area contributed by atoms with E-state index in [1.165, 1.54) is 108 Å². The van der Waals surface area contributed by atoms with Crippen LogP contribution in [0.1, 0.15) is 130 Å². The zero-order valence-electron chi connectivity index (χ0n) is 23.4. The highest BCUT2D eigenvalue weighted by atomic mass is 32.2. The summed E-state index contributed by atoms with van der Waals surface area (Å²) < 4.78 is 22.3. The molecule has 4 atom stereocenters. The molecule has 0 spiro atoms. The number of aliphatic carboxylic acids is 1.